The fraction of sp³-hybridized carbons (Fsp3) is 0.265. The van der Waals surface area contributed by atoms with Gasteiger partial charge in [-0.1, -0.05) is 98.1 Å². The average molecular weight is 698 g/mol. The van der Waals surface area contributed by atoms with E-state index < -0.39 is 0 Å². The van der Waals surface area contributed by atoms with Gasteiger partial charge in [0, 0.05) is 69.0 Å². The van der Waals surface area contributed by atoms with Gasteiger partial charge < -0.3 is 18.5 Å². The number of carbonyl (C=O) groups is 1. The predicted octanol–water partition coefficient (Wildman–Crippen LogP) is 6.19. The molecule has 240 valence electrons. The Morgan fingerprint density at radius 2 is 1.17 bits per heavy atom. The maximum Gasteiger partial charge on any atom is 0.237 e. The number of alkyl halides is 1. The van der Waals surface area contributed by atoms with Crippen LogP contribution in [0.15, 0.2) is 86.4 Å². The highest BCUT2D eigenvalue weighted by Crippen LogP contribution is 2.21. The van der Waals surface area contributed by atoms with Crippen LogP contribution in [0.4, 0.5) is 0 Å². The van der Waals surface area contributed by atoms with E-state index in [1.165, 1.54) is 5.56 Å². The van der Waals surface area contributed by atoms with Gasteiger partial charge in [0.25, 0.3) is 0 Å². The minimum absolute atomic E-state index is 0.126. The molecule has 0 atom stereocenters. The lowest BCUT2D eigenvalue weighted by Crippen LogP contribution is -2.49. The monoisotopic (exact) mass is 696 g/mol. The van der Waals surface area contributed by atoms with Crippen molar-refractivity contribution in [2.45, 2.75) is 39.2 Å². The van der Waals surface area contributed by atoms with Gasteiger partial charge in [0.15, 0.2) is 0 Å². The third kappa shape index (κ3) is 8.23. The van der Waals surface area contributed by atoms with E-state index in [-0.39, 0.29) is 5.91 Å². The first-order chi connectivity index (χ1) is 22.8. The number of halogens is 1. The molecule has 3 aromatic heterocycles. The van der Waals surface area contributed by atoms with Crippen LogP contribution in [0.5, 0.6) is 0 Å². The largest absolute Gasteiger partial charge is 0.339 e. The van der Waals surface area contributed by atoms with E-state index in [4.69, 9.17) is 13.6 Å². The molecule has 1 aliphatic heterocycles. The molecule has 0 unspecified atom stereocenters. The zero-order valence-corrected chi connectivity index (χ0v) is 27.8. The first kappa shape index (κ1) is 32.0. The highest BCUT2D eigenvalue weighted by Gasteiger charge is 2.24. The van der Waals surface area contributed by atoms with Crippen LogP contribution in [0.1, 0.15) is 34.4 Å². The predicted molar refractivity (Wildman–Crippen MR) is 177 cm³/mol. The molecular formula is C34H33BrN8O4. The molecule has 1 aliphatic rings. The van der Waals surface area contributed by atoms with E-state index in [1.54, 1.807) is 20.8 Å². The first-order valence-electron chi connectivity index (χ1n) is 15.1. The van der Waals surface area contributed by atoms with Crippen molar-refractivity contribution in [2.75, 3.05) is 19.6 Å². The highest BCUT2D eigenvalue weighted by atomic mass is 79.9. The fourth-order valence-corrected chi connectivity index (χ4v) is 5.47. The van der Waals surface area contributed by atoms with Gasteiger partial charge in [0.1, 0.15) is 0 Å². The van der Waals surface area contributed by atoms with Gasteiger partial charge in [0.05, 0.1) is 6.54 Å². The van der Waals surface area contributed by atoms with Gasteiger partial charge in [-0.05, 0) is 22.8 Å². The number of hydrogen-bond acceptors (Lipinski definition) is 11. The number of rotatable bonds is 8. The molecule has 1 amide bonds. The summed E-state index contributed by atoms with van der Waals surface area (Å²) >= 11 is 3.39. The number of carbonyl (C=O) groups excluding carboxylic acids is 1. The van der Waals surface area contributed by atoms with Gasteiger partial charge in [-0.25, -0.2) is 0 Å². The second-order valence-electron chi connectivity index (χ2n) is 11.2. The van der Waals surface area contributed by atoms with Crippen LogP contribution in [0, 0.1) is 20.8 Å². The maximum atomic E-state index is 12.8. The Morgan fingerprint density at radius 3 is 1.66 bits per heavy atom. The molecule has 0 bridgehead atoms. The third-order valence-electron chi connectivity index (χ3n) is 7.52. The minimum Gasteiger partial charge on any atom is -0.339 e. The number of benzene rings is 3. The lowest BCUT2D eigenvalue weighted by molar-refractivity contribution is -0.136. The summed E-state index contributed by atoms with van der Waals surface area (Å²) in [6.45, 7) is 8.51. The summed E-state index contributed by atoms with van der Waals surface area (Å²) in [6.07, 6.45) is 0. The second-order valence-corrected chi connectivity index (χ2v) is 11.7. The molecule has 4 heterocycles. The van der Waals surface area contributed by atoms with E-state index in [0.29, 0.717) is 54.8 Å². The standard InChI is InChI=1S/C24H24N6O3.C10H9BrN2O/c1-16-25-23(27-32-16)20-8-6-18(7-9-20)13-29-10-11-30(22(31)15-29)14-19-4-3-5-21(12-19)24-26-17(2)33-28-24;1-7-12-10(13-14-7)9-4-2-8(6-11)3-5-9/h3-9,12H,10-11,13-15H2,1-2H3;2-5H,6H2,1H3. The van der Waals surface area contributed by atoms with Crippen molar-refractivity contribution in [3.63, 3.8) is 0 Å². The van der Waals surface area contributed by atoms with Crippen molar-refractivity contribution < 1.29 is 18.4 Å². The van der Waals surface area contributed by atoms with E-state index in [9.17, 15) is 4.79 Å². The van der Waals surface area contributed by atoms with Crippen molar-refractivity contribution >= 4 is 21.8 Å². The molecular weight excluding hydrogens is 664 g/mol. The molecule has 7 rings (SSSR count). The Hall–Kier alpha value is -5.01. The number of nitrogens with zero attached hydrogens (tertiary/aromatic N) is 8. The van der Waals surface area contributed by atoms with Gasteiger partial charge in [0.2, 0.25) is 41.1 Å². The third-order valence-corrected chi connectivity index (χ3v) is 8.17. The number of amides is 1. The summed E-state index contributed by atoms with van der Waals surface area (Å²) in [4.78, 5) is 29.6. The normalized spacial score (nSPS) is 13.4. The molecule has 12 nitrogen and oxygen atoms in total. The number of aromatic nitrogens is 6. The van der Waals surface area contributed by atoms with Gasteiger partial charge in [-0.2, -0.15) is 15.0 Å². The Balaban J connectivity index is 0.000000230. The van der Waals surface area contributed by atoms with Crippen molar-refractivity contribution in [1.29, 1.82) is 0 Å². The molecule has 0 radical (unpaired) electrons. The van der Waals surface area contributed by atoms with Gasteiger partial charge >= 0.3 is 0 Å². The Bertz CT molecular complexity index is 1930. The number of aryl methyl sites for hydroxylation is 3. The lowest BCUT2D eigenvalue weighted by atomic mass is 10.1. The Morgan fingerprint density at radius 1 is 0.638 bits per heavy atom. The van der Waals surface area contributed by atoms with Crippen LogP contribution in [0.2, 0.25) is 0 Å². The summed E-state index contributed by atoms with van der Waals surface area (Å²) in [5.74, 6) is 3.57. The van der Waals surface area contributed by atoms with Gasteiger partial charge in [-0.15, -0.1) is 0 Å². The summed E-state index contributed by atoms with van der Waals surface area (Å²) < 4.78 is 15.0. The molecule has 47 heavy (non-hydrogen) atoms. The highest BCUT2D eigenvalue weighted by molar-refractivity contribution is 9.08. The quantitative estimate of drug-likeness (QED) is 0.168. The van der Waals surface area contributed by atoms with Gasteiger partial charge in [-0.3, -0.25) is 9.69 Å². The maximum absolute atomic E-state index is 12.8. The number of piperazine rings is 1. The summed E-state index contributed by atoms with van der Waals surface area (Å²) in [6, 6.07) is 24.0. The van der Waals surface area contributed by atoms with Crippen LogP contribution in [-0.4, -0.2) is 65.8 Å². The van der Waals surface area contributed by atoms with Crippen LogP contribution < -0.4 is 0 Å². The molecule has 3 aromatic carbocycles. The topological polar surface area (TPSA) is 140 Å². The van der Waals surface area contributed by atoms with Crippen molar-refractivity contribution in [2.24, 2.45) is 0 Å². The van der Waals surface area contributed by atoms with Crippen LogP contribution in [0.3, 0.4) is 0 Å². The molecule has 0 saturated carbocycles. The molecule has 1 fully saturated rings. The van der Waals surface area contributed by atoms with Crippen molar-refractivity contribution in [3.05, 3.63) is 107 Å². The first-order valence-corrected chi connectivity index (χ1v) is 16.2. The van der Waals surface area contributed by atoms with Crippen LogP contribution >= 0.6 is 15.9 Å². The second kappa shape index (κ2) is 14.6. The summed E-state index contributed by atoms with van der Waals surface area (Å²) in [7, 11) is 0. The van der Waals surface area contributed by atoms with Crippen molar-refractivity contribution in [3.8, 4) is 34.2 Å². The summed E-state index contributed by atoms with van der Waals surface area (Å²) in [5, 5.41) is 12.6. The van der Waals surface area contributed by atoms with E-state index in [0.717, 1.165) is 46.2 Å². The van der Waals surface area contributed by atoms with Crippen LogP contribution in [0.25, 0.3) is 34.2 Å². The fourth-order valence-electron chi connectivity index (χ4n) is 5.10. The van der Waals surface area contributed by atoms with E-state index >= 15 is 0 Å². The molecule has 1 saturated heterocycles. The summed E-state index contributed by atoms with van der Waals surface area (Å²) in [5.41, 5.74) is 6.19. The zero-order valence-electron chi connectivity index (χ0n) is 26.3. The van der Waals surface area contributed by atoms with Crippen molar-refractivity contribution in [1.82, 2.24) is 40.2 Å². The lowest BCUT2D eigenvalue weighted by Gasteiger charge is -2.34. The Kier molecular flexibility index (Phi) is 9.93. The molecule has 13 heteroatoms. The minimum atomic E-state index is 0.126. The Labute approximate surface area is 279 Å². The molecule has 6 aromatic rings. The molecule has 0 N–H and O–H groups in total. The average Bonchev–Trinajstić information content (AvgIpc) is 3.84. The van der Waals surface area contributed by atoms with E-state index in [1.807, 2.05) is 77.7 Å². The van der Waals surface area contributed by atoms with Crippen LogP contribution in [-0.2, 0) is 23.2 Å². The smallest absolute Gasteiger partial charge is 0.237 e. The SMILES string of the molecule is Cc1nc(-c2ccc(CBr)cc2)no1.Cc1nc(-c2ccc(CN3CCN(Cc4cccc(-c5noc(C)n5)c4)C(=O)C3)cc2)no1. The molecule has 0 aliphatic carbocycles. The number of hydrogen-bond donors (Lipinski definition) is 0. The molecule has 0 spiro atoms. The van der Waals surface area contributed by atoms with E-state index in [2.05, 4.69) is 51.3 Å². The zero-order chi connectivity index (χ0) is 32.8.